The Bertz CT molecular complexity index is 3180. The lowest BCUT2D eigenvalue weighted by Crippen LogP contribution is -2.10. The Kier molecular flexibility index (Phi) is 8.42. The minimum atomic E-state index is 0.547. The minimum Gasteiger partial charge on any atom is -0.278 e. The number of hydrogen-bond acceptors (Lipinski definition) is 3. The van der Waals surface area contributed by atoms with Crippen LogP contribution in [0.2, 0.25) is 0 Å². The Morgan fingerprint density at radius 1 is 0.226 bits per heavy atom. The quantitative estimate of drug-likeness (QED) is 0.162. The van der Waals surface area contributed by atoms with E-state index in [1.165, 1.54) is 22.3 Å². The van der Waals surface area contributed by atoms with Crippen LogP contribution in [-0.2, 0) is 0 Å². The van der Waals surface area contributed by atoms with Gasteiger partial charge in [0.15, 0.2) is 5.82 Å². The first-order chi connectivity index (χ1) is 30.7. The summed E-state index contributed by atoms with van der Waals surface area (Å²) in [6.07, 6.45) is 0. The molecular weight excluding hydrogens is 755 g/mol. The highest BCUT2D eigenvalue weighted by Crippen LogP contribution is 2.39. The van der Waals surface area contributed by atoms with Gasteiger partial charge in [-0.05, 0) is 93.0 Å². The van der Waals surface area contributed by atoms with E-state index < -0.39 is 0 Å². The van der Waals surface area contributed by atoms with E-state index in [0.29, 0.717) is 17.7 Å². The van der Waals surface area contributed by atoms with E-state index in [9.17, 15) is 0 Å². The fourth-order valence-electron chi connectivity index (χ4n) is 8.99. The van der Waals surface area contributed by atoms with E-state index in [-0.39, 0.29) is 0 Å². The van der Waals surface area contributed by atoms with Gasteiger partial charge in [0.2, 0.25) is 11.9 Å². The smallest absolute Gasteiger partial charge is 0.240 e. The van der Waals surface area contributed by atoms with Crippen LogP contribution in [0, 0.1) is 0 Å². The average Bonchev–Trinajstić information content (AvgIpc) is 3.86. The Balaban J connectivity index is 1.14. The molecule has 9 aromatic carbocycles. The lowest BCUT2D eigenvalue weighted by Gasteiger charge is -2.13. The van der Waals surface area contributed by atoms with Crippen molar-refractivity contribution in [2.75, 3.05) is 0 Å². The molecule has 12 aromatic rings. The van der Waals surface area contributed by atoms with Gasteiger partial charge >= 0.3 is 0 Å². The lowest BCUT2D eigenvalue weighted by atomic mass is 10.0. The van der Waals surface area contributed by atoms with Gasteiger partial charge in [0.1, 0.15) is 0 Å². The van der Waals surface area contributed by atoms with Gasteiger partial charge in [-0.15, -0.1) is 0 Å². The van der Waals surface area contributed by atoms with Crippen LogP contribution in [-0.4, -0.2) is 24.1 Å². The first kappa shape index (κ1) is 35.5. The predicted molar refractivity (Wildman–Crippen MR) is 256 cm³/mol. The third kappa shape index (κ3) is 6.06. The summed E-state index contributed by atoms with van der Waals surface area (Å²) in [5.74, 6) is 1.69. The number of aromatic nitrogens is 5. The van der Waals surface area contributed by atoms with Gasteiger partial charge in [-0.1, -0.05) is 176 Å². The molecule has 0 saturated heterocycles. The molecule has 0 aliphatic carbocycles. The predicted octanol–water partition coefficient (Wildman–Crippen LogP) is 14.4. The number of rotatable bonds is 7. The minimum absolute atomic E-state index is 0.547. The SMILES string of the molecule is c1ccc(-c2ccc3c(c2)c2cc(-c4ccccc4)ccc2n3-c2nc(-c3ccccc3)nc(-n3c4ccc(-c5ccccc5)cc4c4cc(-c5ccccc5)ccc43)n2)cc1. The van der Waals surface area contributed by atoms with Gasteiger partial charge in [-0.25, -0.2) is 0 Å². The zero-order valence-corrected chi connectivity index (χ0v) is 33.6. The summed E-state index contributed by atoms with van der Waals surface area (Å²) in [6, 6.07) is 79.4. The van der Waals surface area contributed by atoms with E-state index in [4.69, 9.17) is 15.0 Å². The average molecular weight is 792 g/mol. The largest absolute Gasteiger partial charge is 0.278 e. The topological polar surface area (TPSA) is 48.5 Å². The molecule has 0 amide bonds. The molecule has 0 bridgehead atoms. The third-order valence-electron chi connectivity index (χ3n) is 12.0. The lowest BCUT2D eigenvalue weighted by molar-refractivity contribution is 0.893. The highest BCUT2D eigenvalue weighted by Gasteiger charge is 2.22. The Labute approximate surface area is 358 Å². The normalized spacial score (nSPS) is 11.5. The van der Waals surface area contributed by atoms with Crippen LogP contribution in [0.25, 0.3) is 111 Å². The highest BCUT2D eigenvalue weighted by molar-refractivity contribution is 6.13. The second-order valence-corrected chi connectivity index (χ2v) is 15.7. The standard InChI is InChI=1S/C57H37N5/c1-6-16-38(17-7-1)43-26-30-51-47(34-43)48-35-44(39-18-8-2-9-19-39)27-31-52(48)61(51)56-58-55(42-24-14-5-15-25-42)59-57(60-56)62-53-32-28-45(40-20-10-3-11-21-40)36-49(53)50-37-46(29-33-54(50)62)41-22-12-4-13-23-41/h1-37H. The van der Waals surface area contributed by atoms with Crippen LogP contribution >= 0.6 is 0 Å². The summed E-state index contributed by atoms with van der Waals surface area (Å²) in [5, 5.41) is 4.50. The molecule has 0 fully saturated rings. The van der Waals surface area contributed by atoms with E-state index >= 15 is 0 Å². The fraction of sp³-hybridized carbons (Fsp3) is 0. The number of benzene rings is 9. The maximum Gasteiger partial charge on any atom is 0.240 e. The number of hydrogen-bond donors (Lipinski definition) is 0. The molecule has 3 aromatic heterocycles. The fourth-order valence-corrected chi connectivity index (χ4v) is 8.99. The van der Waals surface area contributed by atoms with Crippen molar-refractivity contribution < 1.29 is 0 Å². The number of fused-ring (bicyclic) bond motifs is 6. The van der Waals surface area contributed by atoms with Crippen LogP contribution in [0.15, 0.2) is 224 Å². The zero-order chi connectivity index (χ0) is 41.0. The molecule has 0 spiro atoms. The van der Waals surface area contributed by atoms with E-state index in [0.717, 1.165) is 71.4 Å². The molecule has 3 heterocycles. The van der Waals surface area contributed by atoms with Gasteiger partial charge in [0.25, 0.3) is 0 Å². The zero-order valence-electron chi connectivity index (χ0n) is 33.6. The molecule has 0 saturated carbocycles. The Morgan fingerprint density at radius 2 is 0.484 bits per heavy atom. The van der Waals surface area contributed by atoms with Crippen LogP contribution in [0.4, 0.5) is 0 Å². The molecule has 62 heavy (non-hydrogen) atoms. The molecule has 0 N–H and O–H groups in total. The van der Waals surface area contributed by atoms with Crippen LogP contribution in [0.1, 0.15) is 0 Å². The first-order valence-corrected chi connectivity index (χ1v) is 20.9. The number of nitrogens with zero attached hydrogens (tertiary/aromatic N) is 5. The summed E-state index contributed by atoms with van der Waals surface area (Å²) in [4.78, 5) is 16.1. The van der Waals surface area contributed by atoms with Gasteiger partial charge in [0, 0.05) is 27.1 Å². The van der Waals surface area contributed by atoms with Crippen molar-refractivity contribution in [2.24, 2.45) is 0 Å². The van der Waals surface area contributed by atoms with Gasteiger partial charge in [-0.3, -0.25) is 9.13 Å². The van der Waals surface area contributed by atoms with E-state index in [2.05, 4.69) is 215 Å². The van der Waals surface area contributed by atoms with Gasteiger partial charge in [-0.2, -0.15) is 15.0 Å². The molecule has 5 nitrogen and oxygen atoms in total. The molecule has 290 valence electrons. The molecule has 0 atom stereocenters. The Morgan fingerprint density at radius 3 is 0.758 bits per heavy atom. The van der Waals surface area contributed by atoms with Crippen molar-refractivity contribution in [1.29, 1.82) is 0 Å². The Hall–Kier alpha value is -8.41. The molecule has 5 heteroatoms. The molecule has 0 aliphatic rings. The summed E-state index contributed by atoms with van der Waals surface area (Å²) >= 11 is 0. The summed E-state index contributed by atoms with van der Waals surface area (Å²) in [5.41, 5.74) is 14.3. The van der Waals surface area contributed by atoms with Crippen molar-refractivity contribution in [3.05, 3.63) is 224 Å². The second kappa shape index (κ2) is 14.7. The van der Waals surface area contributed by atoms with Crippen molar-refractivity contribution in [2.45, 2.75) is 0 Å². The maximum absolute atomic E-state index is 5.47. The van der Waals surface area contributed by atoms with E-state index in [1.807, 2.05) is 18.2 Å². The molecule has 0 unspecified atom stereocenters. The van der Waals surface area contributed by atoms with Crippen LogP contribution < -0.4 is 0 Å². The molecule has 12 rings (SSSR count). The maximum atomic E-state index is 5.47. The molecule has 0 radical (unpaired) electrons. The molecule has 0 aliphatic heterocycles. The van der Waals surface area contributed by atoms with Crippen LogP contribution in [0.3, 0.4) is 0 Å². The van der Waals surface area contributed by atoms with Crippen molar-refractivity contribution in [3.8, 4) is 67.8 Å². The van der Waals surface area contributed by atoms with Gasteiger partial charge < -0.3 is 0 Å². The van der Waals surface area contributed by atoms with E-state index in [1.54, 1.807) is 0 Å². The monoisotopic (exact) mass is 791 g/mol. The first-order valence-electron chi connectivity index (χ1n) is 20.9. The van der Waals surface area contributed by atoms with Crippen LogP contribution in [0.5, 0.6) is 0 Å². The van der Waals surface area contributed by atoms with Crippen molar-refractivity contribution >= 4 is 43.6 Å². The van der Waals surface area contributed by atoms with Gasteiger partial charge in [0.05, 0.1) is 22.1 Å². The summed E-state index contributed by atoms with van der Waals surface area (Å²) < 4.78 is 4.42. The van der Waals surface area contributed by atoms with Crippen molar-refractivity contribution in [3.63, 3.8) is 0 Å². The summed E-state index contributed by atoms with van der Waals surface area (Å²) in [6.45, 7) is 0. The second-order valence-electron chi connectivity index (χ2n) is 15.7. The van der Waals surface area contributed by atoms with Crippen molar-refractivity contribution in [1.82, 2.24) is 24.1 Å². The summed E-state index contributed by atoms with van der Waals surface area (Å²) in [7, 11) is 0. The highest BCUT2D eigenvalue weighted by atomic mass is 15.3. The molecular formula is C57H37N5. The third-order valence-corrected chi connectivity index (χ3v) is 12.0.